The van der Waals surface area contributed by atoms with Crippen molar-refractivity contribution < 1.29 is 18.8 Å². The van der Waals surface area contributed by atoms with Gasteiger partial charge in [-0.1, -0.05) is 47.6 Å². The molecule has 1 saturated heterocycles. The zero-order valence-electron chi connectivity index (χ0n) is 19.0. The number of ether oxygens (including phenoxy) is 2. The molecule has 1 saturated carbocycles. The molecular formula is C27H27N3O4. The fourth-order valence-corrected chi connectivity index (χ4v) is 4.73. The predicted molar refractivity (Wildman–Crippen MR) is 127 cm³/mol. The highest BCUT2D eigenvalue weighted by molar-refractivity contribution is 5.91. The zero-order valence-corrected chi connectivity index (χ0v) is 19.0. The van der Waals surface area contributed by atoms with Gasteiger partial charge in [-0.25, -0.2) is 0 Å². The second kappa shape index (κ2) is 8.65. The number of fused-ring (bicyclic) bond motifs is 1. The van der Waals surface area contributed by atoms with Gasteiger partial charge >= 0.3 is 0 Å². The van der Waals surface area contributed by atoms with Gasteiger partial charge in [0.25, 0.3) is 0 Å². The van der Waals surface area contributed by atoms with Crippen molar-refractivity contribution in [2.24, 2.45) is 0 Å². The quantitative estimate of drug-likeness (QED) is 0.558. The van der Waals surface area contributed by atoms with Crippen LogP contribution in [0.4, 0.5) is 0 Å². The number of rotatable bonds is 6. The van der Waals surface area contributed by atoms with E-state index in [0.717, 1.165) is 62.6 Å². The zero-order chi connectivity index (χ0) is 23.0. The molecule has 7 nitrogen and oxygen atoms in total. The van der Waals surface area contributed by atoms with Crippen LogP contribution >= 0.6 is 0 Å². The van der Waals surface area contributed by atoms with Crippen molar-refractivity contribution in [1.29, 1.82) is 0 Å². The van der Waals surface area contributed by atoms with Gasteiger partial charge < -0.3 is 18.9 Å². The minimum absolute atomic E-state index is 0.178. The Balaban J connectivity index is 1.08. The summed E-state index contributed by atoms with van der Waals surface area (Å²) in [5, 5.41) is 4.31. The van der Waals surface area contributed by atoms with E-state index >= 15 is 0 Å². The van der Waals surface area contributed by atoms with E-state index in [-0.39, 0.29) is 12.7 Å². The first-order chi connectivity index (χ1) is 16.7. The first-order valence-corrected chi connectivity index (χ1v) is 11.8. The van der Waals surface area contributed by atoms with Gasteiger partial charge in [0, 0.05) is 44.4 Å². The standard InChI is InChI=1S/C27H27N3O4/c31-26(30-15-13-29(14-16-30)12-4-7-20-5-2-1-3-6-20)27(10-11-27)25-18-23(34-28-25)21-8-9-22-24(17-21)33-19-32-22/h1-9,17-18H,10-16,19H2/b7-4+. The van der Waals surface area contributed by atoms with Crippen LogP contribution in [-0.2, 0) is 10.2 Å². The summed E-state index contributed by atoms with van der Waals surface area (Å²) in [7, 11) is 0. The first kappa shape index (κ1) is 21.0. The Morgan fingerprint density at radius 1 is 0.971 bits per heavy atom. The molecule has 2 fully saturated rings. The van der Waals surface area contributed by atoms with Gasteiger partial charge in [0.05, 0.1) is 11.1 Å². The second-order valence-electron chi connectivity index (χ2n) is 9.13. The molecule has 2 aliphatic heterocycles. The van der Waals surface area contributed by atoms with Crippen LogP contribution in [-0.4, -0.2) is 60.4 Å². The normalized spacial score (nSPS) is 19.0. The van der Waals surface area contributed by atoms with Crippen molar-refractivity contribution in [2.75, 3.05) is 39.5 Å². The van der Waals surface area contributed by atoms with Crippen LogP contribution in [0.2, 0.25) is 0 Å². The fourth-order valence-electron chi connectivity index (χ4n) is 4.73. The summed E-state index contributed by atoms with van der Waals surface area (Å²) in [6.45, 7) is 4.36. The van der Waals surface area contributed by atoms with Crippen LogP contribution < -0.4 is 9.47 Å². The smallest absolute Gasteiger partial charge is 0.235 e. The van der Waals surface area contributed by atoms with Crippen LogP contribution in [0, 0.1) is 0 Å². The summed E-state index contributed by atoms with van der Waals surface area (Å²) in [5.74, 6) is 2.25. The summed E-state index contributed by atoms with van der Waals surface area (Å²) in [4.78, 5) is 17.8. The number of carbonyl (C=O) groups excluding carboxylic acids is 1. The number of carbonyl (C=O) groups is 1. The van der Waals surface area contributed by atoms with Crippen molar-refractivity contribution in [3.05, 3.63) is 71.9 Å². The number of piperazine rings is 1. The molecule has 0 spiro atoms. The number of aromatic nitrogens is 1. The van der Waals surface area contributed by atoms with E-state index in [9.17, 15) is 4.79 Å². The van der Waals surface area contributed by atoms with E-state index in [1.165, 1.54) is 5.56 Å². The number of hydrogen-bond acceptors (Lipinski definition) is 6. The van der Waals surface area contributed by atoms with Crippen LogP contribution in [0.5, 0.6) is 11.5 Å². The highest BCUT2D eigenvalue weighted by Crippen LogP contribution is 2.50. The van der Waals surface area contributed by atoms with Crippen LogP contribution in [0.3, 0.4) is 0 Å². The molecular weight excluding hydrogens is 430 g/mol. The molecule has 3 heterocycles. The lowest BCUT2D eigenvalue weighted by Gasteiger charge is -2.35. The molecule has 34 heavy (non-hydrogen) atoms. The molecule has 0 atom stereocenters. The van der Waals surface area contributed by atoms with Crippen molar-refractivity contribution >= 4 is 12.0 Å². The van der Waals surface area contributed by atoms with E-state index in [2.05, 4.69) is 34.3 Å². The van der Waals surface area contributed by atoms with Crippen molar-refractivity contribution in [2.45, 2.75) is 18.3 Å². The monoisotopic (exact) mass is 457 g/mol. The fraction of sp³-hybridized carbons (Fsp3) is 0.333. The van der Waals surface area contributed by atoms with Crippen molar-refractivity contribution in [3.63, 3.8) is 0 Å². The Hall–Kier alpha value is -3.58. The number of nitrogens with zero attached hydrogens (tertiary/aromatic N) is 3. The lowest BCUT2D eigenvalue weighted by molar-refractivity contribution is -0.135. The first-order valence-electron chi connectivity index (χ1n) is 11.8. The van der Waals surface area contributed by atoms with Crippen molar-refractivity contribution in [3.8, 4) is 22.8 Å². The Morgan fingerprint density at radius 2 is 1.76 bits per heavy atom. The predicted octanol–water partition coefficient (Wildman–Crippen LogP) is 3.96. The largest absolute Gasteiger partial charge is 0.454 e. The molecule has 0 bridgehead atoms. The summed E-state index contributed by atoms with van der Waals surface area (Å²) >= 11 is 0. The third-order valence-corrected chi connectivity index (χ3v) is 6.95. The molecule has 1 aromatic heterocycles. The molecule has 1 amide bonds. The minimum Gasteiger partial charge on any atom is -0.454 e. The third kappa shape index (κ3) is 3.96. The Bertz CT molecular complexity index is 1210. The molecule has 3 aliphatic rings. The molecule has 2 aromatic carbocycles. The molecule has 3 aromatic rings. The highest BCUT2D eigenvalue weighted by atomic mass is 16.7. The average molecular weight is 458 g/mol. The molecule has 0 radical (unpaired) electrons. The second-order valence-corrected chi connectivity index (χ2v) is 9.13. The topological polar surface area (TPSA) is 68.0 Å². The van der Waals surface area contributed by atoms with Gasteiger partial charge in [-0.05, 0) is 36.6 Å². The van der Waals surface area contributed by atoms with Gasteiger partial charge in [-0.15, -0.1) is 0 Å². The Labute approximate surface area is 198 Å². The number of amides is 1. The maximum absolute atomic E-state index is 13.5. The molecule has 0 unspecified atom stereocenters. The van der Waals surface area contributed by atoms with Crippen molar-refractivity contribution in [1.82, 2.24) is 15.0 Å². The Morgan fingerprint density at radius 3 is 2.56 bits per heavy atom. The summed E-state index contributed by atoms with van der Waals surface area (Å²) in [6, 6.07) is 17.9. The maximum atomic E-state index is 13.5. The van der Waals surface area contributed by atoms with E-state index in [4.69, 9.17) is 14.0 Å². The Kier molecular flexibility index (Phi) is 5.34. The number of benzene rings is 2. The molecule has 7 heteroatoms. The summed E-state index contributed by atoms with van der Waals surface area (Å²) in [5.41, 5.74) is 2.27. The van der Waals surface area contributed by atoms with Gasteiger partial charge in [0.1, 0.15) is 0 Å². The van der Waals surface area contributed by atoms with Gasteiger partial charge in [0.2, 0.25) is 12.7 Å². The third-order valence-electron chi connectivity index (χ3n) is 6.95. The molecule has 0 N–H and O–H groups in total. The SMILES string of the molecule is O=C(N1CCN(C/C=C/c2ccccc2)CC1)C1(c2cc(-c3ccc4c(c3)OCO4)on2)CC1. The van der Waals surface area contributed by atoms with E-state index in [0.29, 0.717) is 11.5 Å². The minimum atomic E-state index is -0.534. The van der Waals surface area contributed by atoms with Crippen LogP contribution in [0.1, 0.15) is 24.1 Å². The summed E-state index contributed by atoms with van der Waals surface area (Å²) in [6.07, 6.45) is 5.99. The van der Waals surface area contributed by atoms with Crippen LogP contribution in [0.25, 0.3) is 17.4 Å². The maximum Gasteiger partial charge on any atom is 0.235 e. The van der Waals surface area contributed by atoms with E-state index in [1.807, 2.05) is 47.4 Å². The molecule has 174 valence electrons. The average Bonchev–Trinajstić information content (AvgIpc) is 3.30. The molecule has 1 aliphatic carbocycles. The van der Waals surface area contributed by atoms with Gasteiger partial charge in [0.15, 0.2) is 17.3 Å². The van der Waals surface area contributed by atoms with E-state index < -0.39 is 5.41 Å². The van der Waals surface area contributed by atoms with E-state index in [1.54, 1.807) is 0 Å². The van der Waals surface area contributed by atoms with Gasteiger partial charge in [-0.2, -0.15) is 0 Å². The lowest BCUT2D eigenvalue weighted by atomic mass is 9.99. The molecule has 6 rings (SSSR count). The van der Waals surface area contributed by atoms with Crippen LogP contribution in [0.15, 0.2) is 65.2 Å². The number of hydrogen-bond donors (Lipinski definition) is 0. The highest BCUT2D eigenvalue weighted by Gasteiger charge is 2.55. The van der Waals surface area contributed by atoms with Gasteiger partial charge in [-0.3, -0.25) is 9.69 Å². The summed E-state index contributed by atoms with van der Waals surface area (Å²) < 4.78 is 16.5. The lowest BCUT2D eigenvalue weighted by Crippen LogP contribution is -2.51.